The Hall–Kier alpha value is -5.27. The summed E-state index contributed by atoms with van der Waals surface area (Å²) in [5, 5.41) is -0.243. The number of hydrogen-bond donors (Lipinski definition) is 4. The van der Waals surface area contributed by atoms with E-state index < -0.39 is 51.8 Å². The quantitative estimate of drug-likeness (QED) is 0.0413. The first-order valence-corrected chi connectivity index (χ1v) is 27.3. The molecule has 6 heterocycles. The Morgan fingerprint density at radius 2 is 1.03 bits per heavy atom. The predicted octanol–water partition coefficient (Wildman–Crippen LogP) is 7.05. The molecule has 7 aromatic rings. The standard InChI is InChI=1S/C31H15N9.C10H24N2O8S4.2C2H6.Cu/c1-2-9-17-16(8-1)24-33-25(17)35-27-20-12-5-6-13-21(20)29(37-27)39-31-23-22(14-7-15-32-23)30(40-31)38-28-19-11-4-3-10-18(19)26(34-24)36-28;1-4-8(21-12-6-7-22(13,14)15)10(23(16,17)11-3)9(5-2)24(18,19)20;2*1-2;/h1-15H;8-12H,4-7H2,1-3H3,(H,13,14,15)(H,18,19,20);2*1-2H3;/q-2;;;;+2. The summed E-state index contributed by atoms with van der Waals surface area (Å²) >= 11 is 0.852. The van der Waals surface area contributed by atoms with Crippen molar-refractivity contribution < 1.29 is 51.4 Å². The van der Waals surface area contributed by atoms with E-state index in [9.17, 15) is 29.8 Å². The SMILES string of the molecule is CC.CC.CCC(SNCCS(=O)(=O)O)C(C(CC)S(=O)(=O)O)S(=O)(=O)NC.[Cu+2].c1ccc2c(c1)-c1nc-2nc2[n-]c(nc3[n-]c(nc4nc(n1)-c1ncccc1-4)c1ccccc31)c1ccccc21. The minimum atomic E-state index is -4.61. The van der Waals surface area contributed by atoms with Gasteiger partial charge < -0.3 is 24.9 Å². The zero-order valence-corrected chi connectivity index (χ0v) is 42.7. The molecule has 2 aliphatic heterocycles. The number of aromatic nitrogens is 9. The van der Waals surface area contributed by atoms with E-state index in [1.165, 1.54) is 6.92 Å². The van der Waals surface area contributed by atoms with E-state index in [1.807, 2.05) is 113 Å². The number of hydrogen-bond acceptors (Lipinski definition) is 15. The smallest absolute Gasteiger partial charge is 0.357 e. The van der Waals surface area contributed by atoms with Crippen LogP contribution in [0.5, 0.6) is 0 Å². The van der Waals surface area contributed by atoms with Gasteiger partial charge in [-0.05, 0) is 53.6 Å². The van der Waals surface area contributed by atoms with Crippen LogP contribution in [0.1, 0.15) is 54.4 Å². The van der Waals surface area contributed by atoms with Gasteiger partial charge in [0.2, 0.25) is 10.0 Å². The zero-order valence-electron chi connectivity index (χ0n) is 38.5. The minimum Gasteiger partial charge on any atom is -0.357 e. The number of sulfonamides is 1. The van der Waals surface area contributed by atoms with Gasteiger partial charge in [-0.3, -0.25) is 18.8 Å². The molecule has 9 rings (SSSR count). The fraction of sp³-hybridized carbons (Fsp3) is 0.311. The molecule has 3 unspecified atom stereocenters. The van der Waals surface area contributed by atoms with Crippen molar-refractivity contribution in [3.63, 3.8) is 0 Å². The molecule has 2 aliphatic rings. The normalized spacial score (nSPS) is 13.2. The number of pyridine rings is 1. The first-order chi connectivity index (χ1) is 32.6. The van der Waals surface area contributed by atoms with Crippen LogP contribution >= 0.6 is 11.9 Å². The van der Waals surface area contributed by atoms with Crippen molar-refractivity contribution in [2.45, 2.75) is 70.1 Å². The summed E-state index contributed by atoms with van der Waals surface area (Å²) in [4.78, 5) is 43.6. The van der Waals surface area contributed by atoms with E-state index in [-0.39, 0.29) is 36.5 Å². The maximum absolute atomic E-state index is 12.3. The van der Waals surface area contributed by atoms with Gasteiger partial charge in [-0.2, -0.15) is 16.8 Å². The van der Waals surface area contributed by atoms with Crippen LogP contribution < -0.4 is 19.4 Å². The molecule has 24 heteroatoms. The molecular formula is C45H51CuN11O8S4. The Bertz CT molecular complexity index is 3290. The summed E-state index contributed by atoms with van der Waals surface area (Å²) in [6.07, 6.45) is 1.84. The summed E-state index contributed by atoms with van der Waals surface area (Å²) in [7, 11) is -11.7. The molecule has 369 valence electrons. The molecule has 3 atom stereocenters. The summed E-state index contributed by atoms with van der Waals surface area (Å²) in [5.41, 5.74) is 5.31. The van der Waals surface area contributed by atoms with Crippen molar-refractivity contribution in [3.8, 4) is 45.7 Å². The van der Waals surface area contributed by atoms with Crippen LogP contribution in [-0.2, 0) is 47.3 Å². The summed E-state index contributed by atoms with van der Waals surface area (Å²) < 4.78 is 91.7. The zero-order chi connectivity index (χ0) is 49.4. The molecule has 3 aromatic carbocycles. The van der Waals surface area contributed by atoms with E-state index in [2.05, 4.69) is 14.4 Å². The largest absolute Gasteiger partial charge is 2.00 e. The van der Waals surface area contributed by atoms with Crippen molar-refractivity contribution in [2.75, 3.05) is 19.3 Å². The van der Waals surface area contributed by atoms with Crippen molar-refractivity contribution in [1.29, 1.82) is 0 Å². The number of rotatable bonds is 12. The topological polar surface area (TPSA) is 285 Å². The Kier molecular flexibility index (Phi) is 18.7. The van der Waals surface area contributed by atoms with E-state index >= 15 is 0 Å². The molecule has 4 N–H and O–H groups in total. The van der Waals surface area contributed by atoms with Crippen molar-refractivity contribution in [3.05, 3.63) is 91.1 Å². The van der Waals surface area contributed by atoms with Crippen LogP contribution in [0.15, 0.2) is 91.1 Å². The molecule has 0 fully saturated rings. The Labute approximate surface area is 415 Å². The van der Waals surface area contributed by atoms with Gasteiger partial charge in [0, 0.05) is 57.3 Å². The number of benzene rings is 3. The van der Waals surface area contributed by atoms with Gasteiger partial charge in [0.15, 0.2) is 11.6 Å². The summed E-state index contributed by atoms with van der Waals surface area (Å²) in [6.45, 7) is 10.9. The molecule has 0 saturated heterocycles. The van der Waals surface area contributed by atoms with Gasteiger partial charge in [-0.25, -0.2) is 28.1 Å². The molecule has 8 bridgehead atoms. The van der Waals surface area contributed by atoms with E-state index in [1.54, 1.807) is 13.1 Å². The molecule has 0 amide bonds. The van der Waals surface area contributed by atoms with Crippen molar-refractivity contribution in [2.24, 2.45) is 0 Å². The minimum absolute atomic E-state index is 0. The molecule has 0 saturated carbocycles. The van der Waals surface area contributed by atoms with Crippen LogP contribution in [0.4, 0.5) is 0 Å². The van der Waals surface area contributed by atoms with Gasteiger partial charge >= 0.3 is 17.1 Å². The average molecular weight is 1070 g/mol. The molecule has 19 nitrogen and oxygen atoms in total. The van der Waals surface area contributed by atoms with Crippen LogP contribution in [0.25, 0.3) is 89.8 Å². The van der Waals surface area contributed by atoms with Gasteiger partial charge in [0.05, 0.1) is 17.4 Å². The molecule has 0 spiro atoms. The Morgan fingerprint density at radius 1 is 0.594 bits per heavy atom. The van der Waals surface area contributed by atoms with Crippen LogP contribution in [-0.4, -0.2) is 104 Å². The average Bonchev–Trinajstić information content (AvgIpc) is 4.08. The fourth-order valence-electron chi connectivity index (χ4n) is 7.44. The van der Waals surface area contributed by atoms with Gasteiger partial charge in [-0.15, -0.1) is 0 Å². The van der Waals surface area contributed by atoms with E-state index in [4.69, 9.17) is 44.4 Å². The third-order valence-electron chi connectivity index (χ3n) is 10.4. The van der Waals surface area contributed by atoms with Crippen molar-refractivity contribution in [1.82, 2.24) is 54.3 Å². The molecule has 69 heavy (non-hydrogen) atoms. The monoisotopic (exact) mass is 1060 g/mol. The fourth-order valence-corrected chi connectivity index (χ4v) is 12.8. The van der Waals surface area contributed by atoms with E-state index in [0.29, 0.717) is 51.6 Å². The second-order valence-corrected chi connectivity index (χ2v) is 20.8. The molecule has 0 aliphatic carbocycles. The maximum atomic E-state index is 12.3. The van der Waals surface area contributed by atoms with Gasteiger partial charge in [0.25, 0.3) is 20.2 Å². The second-order valence-electron chi connectivity index (χ2n) is 14.4. The van der Waals surface area contributed by atoms with Crippen LogP contribution in [0.2, 0.25) is 0 Å². The van der Waals surface area contributed by atoms with Crippen LogP contribution in [0, 0.1) is 0 Å². The van der Waals surface area contributed by atoms with Crippen LogP contribution in [0.3, 0.4) is 0 Å². The van der Waals surface area contributed by atoms with E-state index in [0.717, 1.165) is 57.2 Å². The number of fused-ring (bicyclic) bond motifs is 20. The Morgan fingerprint density at radius 3 is 1.48 bits per heavy atom. The first-order valence-electron chi connectivity index (χ1n) is 21.8. The second kappa shape index (κ2) is 23.6. The number of nitrogens with one attached hydrogen (secondary N) is 2. The molecular weight excluding hydrogens is 1010 g/mol. The number of nitrogens with zero attached hydrogens (tertiary/aromatic N) is 9. The summed E-state index contributed by atoms with van der Waals surface area (Å²) in [6, 6.07) is 27.5. The first kappa shape index (κ1) is 54.7. The molecule has 4 aromatic heterocycles. The van der Waals surface area contributed by atoms with Crippen molar-refractivity contribution >= 4 is 86.3 Å². The predicted molar refractivity (Wildman–Crippen MR) is 268 cm³/mol. The maximum Gasteiger partial charge on any atom is 2.00 e. The van der Waals surface area contributed by atoms with Gasteiger partial charge in [0.1, 0.15) is 16.2 Å². The third-order valence-corrected chi connectivity index (χ3v) is 16.1. The van der Waals surface area contributed by atoms with Gasteiger partial charge in [-0.1, -0.05) is 126 Å². The Balaban J connectivity index is 0.000000267. The summed E-state index contributed by atoms with van der Waals surface area (Å²) in [5.74, 6) is 1.40. The third kappa shape index (κ3) is 12.2. The molecule has 1 radical (unpaired) electrons.